The normalized spacial score (nSPS) is 20.0. The molecular weight excluding hydrogens is 266 g/mol. The lowest BCUT2D eigenvalue weighted by molar-refractivity contribution is 0.0733. The second-order valence-electron chi connectivity index (χ2n) is 6.04. The molecule has 1 saturated carbocycles. The van der Waals surface area contributed by atoms with Crippen molar-refractivity contribution in [3.63, 3.8) is 0 Å². The Labute approximate surface area is 124 Å². The number of carbonyl (C=O) groups is 1. The molecule has 2 heterocycles. The van der Waals surface area contributed by atoms with E-state index in [4.69, 9.17) is 0 Å². The van der Waals surface area contributed by atoms with Crippen molar-refractivity contribution in [2.75, 3.05) is 26.2 Å². The molecular formula is C16H23N3O2. The Morgan fingerprint density at radius 3 is 2.52 bits per heavy atom. The Balaban J connectivity index is 1.93. The van der Waals surface area contributed by atoms with E-state index >= 15 is 0 Å². The highest BCUT2D eigenvalue weighted by Crippen LogP contribution is 2.29. The number of piperazine rings is 1. The number of rotatable bonds is 2. The highest BCUT2D eigenvalue weighted by Gasteiger charge is 2.25. The van der Waals surface area contributed by atoms with Crippen LogP contribution in [0, 0.1) is 6.92 Å². The van der Waals surface area contributed by atoms with Gasteiger partial charge in [-0.15, -0.1) is 0 Å². The minimum absolute atomic E-state index is 0.106. The van der Waals surface area contributed by atoms with Gasteiger partial charge in [-0.2, -0.15) is 0 Å². The second-order valence-corrected chi connectivity index (χ2v) is 6.04. The zero-order chi connectivity index (χ0) is 14.8. The summed E-state index contributed by atoms with van der Waals surface area (Å²) < 4.78 is 1.85. The van der Waals surface area contributed by atoms with Crippen molar-refractivity contribution in [3.8, 4) is 0 Å². The lowest BCUT2D eigenvalue weighted by Gasteiger charge is -2.27. The van der Waals surface area contributed by atoms with Crippen LogP contribution in [0.15, 0.2) is 16.9 Å². The number of pyridine rings is 1. The summed E-state index contributed by atoms with van der Waals surface area (Å²) in [6, 6.07) is 3.89. The van der Waals surface area contributed by atoms with Crippen LogP contribution in [0.2, 0.25) is 0 Å². The van der Waals surface area contributed by atoms with E-state index in [0.29, 0.717) is 18.7 Å². The minimum Gasteiger partial charge on any atom is -0.336 e. The zero-order valence-corrected chi connectivity index (χ0v) is 12.6. The van der Waals surface area contributed by atoms with E-state index in [0.717, 1.165) is 31.6 Å². The maximum Gasteiger partial charge on any atom is 0.263 e. The van der Waals surface area contributed by atoms with Crippen molar-refractivity contribution in [2.45, 2.75) is 38.6 Å². The van der Waals surface area contributed by atoms with Gasteiger partial charge in [0.2, 0.25) is 0 Å². The van der Waals surface area contributed by atoms with Gasteiger partial charge in [-0.05, 0) is 31.9 Å². The molecule has 2 fully saturated rings. The highest BCUT2D eigenvalue weighted by molar-refractivity contribution is 5.94. The lowest BCUT2D eigenvalue weighted by atomic mass is 10.1. The van der Waals surface area contributed by atoms with Gasteiger partial charge in [-0.25, -0.2) is 0 Å². The van der Waals surface area contributed by atoms with Crippen molar-refractivity contribution in [2.24, 2.45) is 0 Å². The molecule has 1 saturated heterocycles. The quantitative estimate of drug-likeness (QED) is 0.893. The second kappa shape index (κ2) is 6.02. The van der Waals surface area contributed by atoms with Gasteiger partial charge < -0.3 is 14.8 Å². The SMILES string of the molecule is Cc1ccc(C(=O)N2CCNCC2)c(=O)n1C1CCCC1. The van der Waals surface area contributed by atoms with Crippen LogP contribution in [-0.2, 0) is 0 Å². The fraction of sp³-hybridized carbons (Fsp3) is 0.625. The van der Waals surface area contributed by atoms with Crippen LogP contribution in [-0.4, -0.2) is 41.6 Å². The van der Waals surface area contributed by atoms with Gasteiger partial charge in [0.25, 0.3) is 11.5 Å². The van der Waals surface area contributed by atoms with Crippen molar-refractivity contribution in [1.29, 1.82) is 0 Å². The van der Waals surface area contributed by atoms with E-state index in [1.165, 1.54) is 12.8 Å². The molecule has 1 aromatic heterocycles. The minimum atomic E-state index is -0.117. The molecule has 21 heavy (non-hydrogen) atoms. The van der Waals surface area contributed by atoms with Crippen LogP contribution in [0.25, 0.3) is 0 Å². The molecule has 1 aliphatic heterocycles. The van der Waals surface area contributed by atoms with Gasteiger partial charge in [0.1, 0.15) is 5.56 Å². The van der Waals surface area contributed by atoms with Crippen molar-refractivity contribution in [3.05, 3.63) is 33.7 Å². The zero-order valence-electron chi connectivity index (χ0n) is 12.6. The number of nitrogens with zero attached hydrogens (tertiary/aromatic N) is 2. The molecule has 0 unspecified atom stereocenters. The fourth-order valence-electron chi connectivity index (χ4n) is 3.46. The van der Waals surface area contributed by atoms with E-state index in [-0.39, 0.29) is 17.5 Å². The Morgan fingerprint density at radius 1 is 1.19 bits per heavy atom. The van der Waals surface area contributed by atoms with Crippen LogP contribution >= 0.6 is 0 Å². The predicted octanol–water partition coefficient (Wildman–Crippen LogP) is 1.32. The average Bonchev–Trinajstić information content (AvgIpc) is 3.02. The van der Waals surface area contributed by atoms with E-state index in [1.807, 2.05) is 17.6 Å². The molecule has 0 bridgehead atoms. The van der Waals surface area contributed by atoms with Crippen molar-refractivity contribution in [1.82, 2.24) is 14.8 Å². The van der Waals surface area contributed by atoms with Crippen molar-refractivity contribution >= 4 is 5.91 Å². The third-order valence-corrected chi connectivity index (χ3v) is 4.64. The summed E-state index contributed by atoms with van der Waals surface area (Å²) in [6.45, 7) is 4.91. The molecule has 1 amide bonds. The van der Waals surface area contributed by atoms with E-state index in [2.05, 4.69) is 5.32 Å². The molecule has 3 rings (SSSR count). The van der Waals surface area contributed by atoms with Crippen LogP contribution in [0.3, 0.4) is 0 Å². The highest BCUT2D eigenvalue weighted by atomic mass is 16.2. The number of amides is 1. The van der Waals surface area contributed by atoms with Gasteiger partial charge in [-0.1, -0.05) is 12.8 Å². The number of aromatic nitrogens is 1. The van der Waals surface area contributed by atoms with Gasteiger partial charge >= 0.3 is 0 Å². The van der Waals surface area contributed by atoms with E-state index < -0.39 is 0 Å². The number of aryl methyl sites for hydroxylation is 1. The summed E-state index contributed by atoms with van der Waals surface area (Å²) >= 11 is 0. The molecule has 5 heteroatoms. The van der Waals surface area contributed by atoms with Gasteiger partial charge in [0.15, 0.2) is 0 Å². The Morgan fingerprint density at radius 2 is 1.86 bits per heavy atom. The van der Waals surface area contributed by atoms with E-state index in [9.17, 15) is 9.59 Å². The summed E-state index contributed by atoms with van der Waals surface area (Å²) in [5, 5.41) is 3.22. The van der Waals surface area contributed by atoms with Gasteiger partial charge in [-0.3, -0.25) is 9.59 Å². The number of hydrogen-bond acceptors (Lipinski definition) is 3. The number of hydrogen-bond donors (Lipinski definition) is 1. The Bertz CT molecular complexity index is 582. The van der Waals surface area contributed by atoms with Crippen LogP contribution < -0.4 is 10.9 Å². The summed E-state index contributed by atoms with van der Waals surface area (Å²) in [5.41, 5.74) is 1.18. The molecule has 0 radical (unpaired) electrons. The van der Waals surface area contributed by atoms with Crippen LogP contribution in [0.5, 0.6) is 0 Å². The first-order valence-corrected chi connectivity index (χ1v) is 7.90. The first-order valence-electron chi connectivity index (χ1n) is 7.90. The van der Waals surface area contributed by atoms with Gasteiger partial charge in [0.05, 0.1) is 0 Å². The molecule has 0 spiro atoms. The maximum atomic E-state index is 12.8. The Kier molecular flexibility index (Phi) is 4.10. The molecule has 1 aromatic rings. The van der Waals surface area contributed by atoms with Gasteiger partial charge in [0, 0.05) is 37.9 Å². The standard InChI is InChI=1S/C16H23N3O2/c1-12-6-7-14(15(20)18-10-8-17-9-11-18)16(21)19(12)13-4-2-3-5-13/h6-7,13,17H,2-5,8-11H2,1H3. The molecule has 0 atom stereocenters. The first kappa shape index (κ1) is 14.3. The molecule has 1 N–H and O–H groups in total. The largest absolute Gasteiger partial charge is 0.336 e. The summed E-state index contributed by atoms with van der Waals surface area (Å²) in [7, 11) is 0. The van der Waals surface area contributed by atoms with Crippen LogP contribution in [0.1, 0.15) is 47.8 Å². The number of nitrogens with one attached hydrogen (secondary N) is 1. The average molecular weight is 289 g/mol. The summed E-state index contributed by atoms with van der Waals surface area (Å²) in [6.07, 6.45) is 4.44. The molecule has 5 nitrogen and oxygen atoms in total. The third-order valence-electron chi connectivity index (χ3n) is 4.64. The smallest absolute Gasteiger partial charge is 0.263 e. The predicted molar refractivity (Wildman–Crippen MR) is 81.7 cm³/mol. The molecule has 2 aliphatic rings. The topological polar surface area (TPSA) is 54.3 Å². The summed E-state index contributed by atoms with van der Waals surface area (Å²) in [5.74, 6) is -0.117. The van der Waals surface area contributed by atoms with Crippen molar-refractivity contribution < 1.29 is 4.79 Å². The Hall–Kier alpha value is -1.62. The monoisotopic (exact) mass is 289 g/mol. The molecule has 1 aliphatic carbocycles. The maximum absolute atomic E-state index is 12.8. The first-order chi connectivity index (χ1) is 10.2. The van der Waals surface area contributed by atoms with E-state index in [1.54, 1.807) is 11.0 Å². The molecule has 114 valence electrons. The van der Waals surface area contributed by atoms with Crippen LogP contribution in [0.4, 0.5) is 0 Å². The third kappa shape index (κ3) is 2.75. The number of carbonyl (C=O) groups excluding carboxylic acids is 1. The lowest BCUT2D eigenvalue weighted by Crippen LogP contribution is -2.48. The molecule has 0 aromatic carbocycles. The summed E-state index contributed by atoms with van der Waals surface area (Å²) in [4.78, 5) is 27.1. The fourth-order valence-corrected chi connectivity index (χ4v) is 3.46.